The van der Waals surface area contributed by atoms with Crippen molar-refractivity contribution in [2.45, 2.75) is 13.1 Å². The first kappa shape index (κ1) is 22.8. The number of esters is 1. The second-order valence-corrected chi connectivity index (χ2v) is 7.67. The van der Waals surface area contributed by atoms with Crippen LogP contribution in [-0.2, 0) is 17.8 Å². The van der Waals surface area contributed by atoms with E-state index in [1.54, 1.807) is 42.3 Å². The zero-order valence-corrected chi connectivity index (χ0v) is 19.0. The molecule has 7 nitrogen and oxygen atoms in total. The number of carbonyl (C=O) groups excluding carboxylic acids is 2. The highest BCUT2D eigenvalue weighted by Gasteiger charge is 2.18. The van der Waals surface area contributed by atoms with Gasteiger partial charge < -0.3 is 14.8 Å². The van der Waals surface area contributed by atoms with E-state index in [1.807, 2.05) is 54.6 Å². The Morgan fingerprint density at radius 3 is 2.24 bits per heavy atom. The predicted octanol–water partition coefficient (Wildman–Crippen LogP) is 4.32. The molecule has 0 spiro atoms. The van der Waals surface area contributed by atoms with Crippen molar-refractivity contribution >= 4 is 11.9 Å². The number of carbonyl (C=O) groups is 2. The Labute approximate surface area is 197 Å². The second kappa shape index (κ2) is 10.5. The molecule has 172 valence electrons. The van der Waals surface area contributed by atoms with Gasteiger partial charge in [0.2, 0.25) is 0 Å². The number of hydrogen-bond donors (Lipinski definition) is 1. The number of aromatic nitrogens is 2. The molecule has 1 aromatic heterocycles. The third-order valence-electron chi connectivity index (χ3n) is 5.39. The molecule has 1 N–H and O–H groups in total. The van der Waals surface area contributed by atoms with Crippen molar-refractivity contribution < 1.29 is 19.1 Å². The summed E-state index contributed by atoms with van der Waals surface area (Å²) in [6, 6.07) is 24.3. The fourth-order valence-corrected chi connectivity index (χ4v) is 3.56. The van der Waals surface area contributed by atoms with Crippen molar-refractivity contribution in [3.63, 3.8) is 0 Å². The smallest absolute Gasteiger partial charge is 0.337 e. The number of methoxy groups -OCH3 is 2. The Hall–Kier alpha value is -4.39. The topological polar surface area (TPSA) is 82.5 Å². The van der Waals surface area contributed by atoms with Gasteiger partial charge in [0.05, 0.1) is 31.9 Å². The monoisotopic (exact) mass is 455 g/mol. The zero-order chi connectivity index (χ0) is 23.9. The Kier molecular flexibility index (Phi) is 7.03. The molecule has 1 heterocycles. The van der Waals surface area contributed by atoms with Gasteiger partial charge in [-0.25, -0.2) is 4.79 Å². The molecule has 1 amide bonds. The summed E-state index contributed by atoms with van der Waals surface area (Å²) in [7, 11) is 2.95. The highest BCUT2D eigenvalue weighted by molar-refractivity contribution is 5.99. The summed E-state index contributed by atoms with van der Waals surface area (Å²) in [5.41, 5.74) is 4.30. The van der Waals surface area contributed by atoms with Gasteiger partial charge in [0.25, 0.3) is 5.91 Å². The summed E-state index contributed by atoms with van der Waals surface area (Å²) < 4.78 is 11.7. The lowest BCUT2D eigenvalue weighted by molar-refractivity contribution is 0.0600. The molecule has 0 radical (unpaired) electrons. The zero-order valence-electron chi connectivity index (χ0n) is 19.0. The molecule has 4 rings (SSSR count). The highest BCUT2D eigenvalue weighted by atomic mass is 16.5. The molecule has 3 aromatic carbocycles. The van der Waals surface area contributed by atoms with Gasteiger partial charge >= 0.3 is 5.97 Å². The Morgan fingerprint density at radius 1 is 0.882 bits per heavy atom. The third-order valence-corrected chi connectivity index (χ3v) is 5.39. The summed E-state index contributed by atoms with van der Waals surface area (Å²) in [5, 5.41) is 7.67. The van der Waals surface area contributed by atoms with Gasteiger partial charge in [-0.05, 0) is 47.5 Å². The first-order valence-corrected chi connectivity index (χ1v) is 10.8. The minimum absolute atomic E-state index is 0.234. The van der Waals surface area contributed by atoms with E-state index in [9.17, 15) is 9.59 Å². The van der Waals surface area contributed by atoms with Crippen LogP contribution >= 0.6 is 0 Å². The lowest BCUT2D eigenvalue weighted by Gasteiger charge is -2.07. The SMILES string of the molecule is COC(=O)c1ccc(CNC(=O)c2cn(Cc3ccccc3)nc2-c2ccc(OC)cc2)cc1. The summed E-state index contributed by atoms with van der Waals surface area (Å²) in [5.74, 6) is 0.0987. The highest BCUT2D eigenvalue weighted by Crippen LogP contribution is 2.25. The number of nitrogens with zero attached hydrogens (tertiary/aromatic N) is 2. The van der Waals surface area contributed by atoms with E-state index in [-0.39, 0.29) is 5.91 Å². The average Bonchev–Trinajstić information content (AvgIpc) is 3.31. The normalized spacial score (nSPS) is 10.5. The van der Waals surface area contributed by atoms with Crippen molar-refractivity contribution in [2.24, 2.45) is 0 Å². The Bertz CT molecular complexity index is 1260. The number of rotatable bonds is 8. The largest absolute Gasteiger partial charge is 0.497 e. The predicted molar refractivity (Wildman–Crippen MR) is 129 cm³/mol. The second-order valence-electron chi connectivity index (χ2n) is 7.67. The van der Waals surface area contributed by atoms with Crippen LogP contribution < -0.4 is 10.1 Å². The summed E-state index contributed by atoms with van der Waals surface area (Å²) in [6.45, 7) is 0.860. The lowest BCUT2D eigenvalue weighted by Crippen LogP contribution is -2.23. The molecule has 0 saturated heterocycles. The molecule has 0 aliphatic heterocycles. The minimum atomic E-state index is -0.398. The molecule has 0 unspecified atom stereocenters. The fraction of sp³-hybridized carbons (Fsp3) is 0.148. The third kappa shape index (κ3) is 5.32. The van der Waals surface area contributed by atoms with Crippen LogP contribution in [0.2, 0.25) is 0 Å². The molecule has 0 aliphatic rings. The number of ether oxygens (including phenoxy) is 2. The van der Waals surface area contributed by atoms with Crippen LogP contribution in [0.25, 0.3) is 11.3 Å². The van der Waals surface area contributed by atoms with Gasteiger partial charge in [-0.2, -0.15) is 5.10 Å². The van der Waals surface area contributed by atoms with E-state index in [0.717, 1.165) is 22.4 Å². The Morgan fingerprint density at radius 2 is 1.59 bits per heavy atom. The summed E-state index contributed by atoms with van der Waals surface area (Å²) >= 11 is 0. The number of hydrogen-bond acceptors (Lipinski definition) is 5. The molecule has 0 aliphatic carbocycles. The summed E-state index contributed by atoms with van der Waals surface area (Å²) in [4.78, 5) is 24.8. The molecular formula is C27H25N3O4. The summed E-state index contributed by atoms with van der Waals surface area (Å²) in [6.07, 6.45) is 1.77. The maximum atomic E-state index is 13.2. The van der Waals surface area contributed by atoms with Gasteiger partial charge in [0.1, 0.15) is 11.4 Å². The molecule has 4 aromatic rings. The van der Waals surface area contributed by atoms with Crippen LogP contribution in [0.15, 0.2) is 85.1 Å². The molecule has 0 atom stereocenters. The Balaban J connectivity index is 1.56. The number of nitrogens with one attached hydrogen (secondary N) is 1. The van der Waals surface area contributed by atoms with Crippen molar-refractivity contribution in [1.82, 2.24) is 15.1 Å². The van der Waals surface area contributed by atoms with Gasteiger partial charge in [-0.1, -0.05) is 42.5 Å². The fourth-order valence-electron chi connectivity index (χ4n) is 3.56. The van der Waals surface area contributed by atoms with Crippen LogP contribution in [0.5, 0.6) is 5.75 Å². The van der Waals surface area contributed by atoms with Crippen molar-refractivity contribution in [3.05, 3.63) is 107 Å². The van der Waals surface area contributed by atoms with Gasteiger partial charge in [0, 0.05) is 18.3 Å². The molecule has 34 heavy (non-hydrogen) atoms. The lowest BCUT2D eigenvalue weighted by atomic mass is 10.1. The van der Waals surface area contributed by atoms with E-state index in [0.29, 0.717) is 29.9 Å². The minimum Gasteiger partial charge on any atom is -0.497 e. The molecule has 7 heteroatoms. The van der Waals surface area contributed by atoms with Gasteiger partial charge in [-0.3, -0.25) is 9.48 Å². The number of benzene rings is 3. The first-order valence-electron chi connectivity index (χ1n) is 10.8. The molecular weight excluding hydrogens is 430 g/mol. The van der Waals surface area contributed by atoms with E-state index in [2.05, 4.69) is 5.32 Å². The van der Waals surface area contributed by atoms with E-state index in [4.69, 9.17) is 14.6 Å². The average molecular weight is 456 g/mol. The van der Waals surface area contributed by atoms with Crippen LogP contribution in [-0.4, -0.2) is 35.9 Å². The van der Waals surface area contributed by atoms with E-state index in [1.165, 1.54) is 7.11 Å². The molecule has 0 bridgehead atoms. The van der Waals surface area contributed by atoms with E-state index >= 15 is 0 Å². The molecule has 0 saturated carbocycles. The van der Waals surface area contributed by atoms with Crippen LogP contribution in [0.3, 0.4) is 0 Å². The van der Waals surface area contributed by atoms with Crippen molar-refractivity contribution in [3.8, 4) is 17.0 Å². The van der Waals surface area contributed by atoms with Crippen molar-refractivity contribution in [2.75, 3.05) is 14.2 Å². The van der Waals surface area contributed by atoms with Gasteiger partial charge in [0.15, 0.2) is 0 Å². The standard InChI is InChI=1S/C27H25N3O4/c1-33-23-14-12-21(13-15-23)25-24(18-30(29-25)17-20-6-4-3-5-7-20)26(31)28-16-19-8-10-22(11-9-19)27(32)34-2/h3-15,18H,16-17H2,1-2H3,(H,28,31). The van der Waals surface area contributed by atoms with Crippen LogP contribution in [0.1, 0.15) is 31.8 Å². The van der Waals surface area contributed by atoms with Gasteiger partial charge in [-0.15, -0.1) is 0 Å². The maximum Gasteiger partial charge on any atom is 0.337 e. The maximum absolute atomic E-state index is 13.2. The quantitative estimate of drug-likeness (QED) is 0.400. The van der Waals surface area contributed by atoms with Crippen LogP contribution in [0.4, 0.5) is 0 Å². The first-order chi connectivity index (χ1) is 16.6. The molecule has 0 fully saturated rings. The van der Waals surface area contributed by atoms with E-state index < -0.39 is 5.97 Å². The van der Waals surface area contributed by atoms with Crippen LogP contribution in [0, 0.1) is 0 Å². The number of amides is 1. The van der Waals surface area contributed by atoms with Crippen molar-refractivity contribution in [1.29, 1.82) is 0 Å².